The van der Waals surface area contributed by atoms with Crippen LogP contribution in [0.1, 0.15) is 64.9 Å². The van der Waals surface area contributed by atoms with Gasteiger partial charge in [-0.15, -0.1) is 0 Å². The molecule has 1 aromatic carbocycles. The van der Waals surface area contributed by atoms with Crippen molar-refractivity contribution in [1.82, 2.24) is 10.2 Å². The Morgan fingerprint density at radius 1 is 1.19 bits per heavy atom. The van der Waals surface area contributed by atoms with Crippen molar-refractivity contribution in [2.24, 2.45) is 5.92 Å². The fourth-order valence-corrected chi connectivity index (χ4v) is 3.48. The van der Waals surface area contributed by atoms with Crippen molar-refractivity contribution in [3.8, 4) is 0 Å². The molecule has 2 unspecified atom stereocenters. The van der Waals surface area contributed by atoms with Crippen LogP contribution < -0.4 is 10.6 Å². The van der Waals surface area contributed by atoms with Crippen LogP contribution in [0, 0.1) is 5.92 Å². The van der Waals surface area contributed by atoms with Gasteiger partial charge in [0.1, 0.15) is 0 Å². The monoisotopic (exact) mass is 373 g/mol. The largest absolute Gasteiger partial charge is 0.356 e. The minimum Gasteiger partial charge on any atom is -0.356 e. The zero-order valence-electron chi connectivity index (χ0n) is 17.3. The number of likely N-dealkylation sites (tertiary alicyclic amines) is 1. The first-order chi connectivity index (χ1) is 12.9. The molecule has 27 heavy (non-hydrogen) atoms. The second kappa shape index (κ2) is 10.5. The van der Waals surface area contributed by atoms with Gasteiger partial charge in [-0.3, -0.25) is 14.5 Å². The second-order valence-corrected chi connectivity index (χ2v) is 8.02. The Labute approximate surface area is 163 Å². The molecule has 5 heteroatoms. The van der Waals surface area contributed by atoms with Crippen LogP contribution in [0.3, 0.4) is 0 Å². The minimum atomic E-state index is -0.0220. The van der Waals surface area contributed by atoms with E-state index in [4.69, 9.17) is 0 Å². The van der Waals surface area contributed by atoms with Crippen LogP contribution in [-0.4, -0.2) is 42.4 Å². The van der Waals surface area contributed by atoms with E-state index in [0.29, 0.717) is 25.0 Å². The summed E-state index contributed by atoms with van der Waals surface area (Å²) in [6.45, 7) is 10.3. The number of carbonyl (C=O) groups excluding carboxylic acids is 2. The molecule has 5 nitrogen and oxygen atoms in total. The van der Waals surface area contributed by atoms with Crippen LogP contribution in [-0.2, 0) is 9.59 Å². The molecule has 0 bridgehead atoms. The number of hydrogen-bond acceptors (Lipinski definition) is 3. The Kier molecular flexibility index (Phi) is 8.29. The summed E-state index contributed by atoms with van der Waals surface area (Å²) < 4.78 is 0. The van der Waals surface area contributed by atoms with Gasteiger partial charge in [0, 0.05) is 24.8 Å². The fourth-order valence-electron chi connectivity index (χ4n) is 3.48. The molecule has 2 amide bonds. The van der Waals surface area contributed by atoms with Crippen molar-refractivity contribution in [3.63, 3.8) is 0 Å². The van der Waals surface area contributed by atoms with E-state index in [1.807, 2.05) is 12.1 Å². The molecule has 1 heterocycles. The van der Waals surface area contributed by atoms with Gasteiger partial charge in [0.05, 0.1) is 12.5 Å². The molecule has 2 N–H and O–H groups in total. The number of rotatable bonds is 8. The lowest BCUT2D eigenvalue weighted by molar-refractivity contribution is -0.128. The predicted molar refractivity (Wildman–Crippen MR) is 111 cm³/mol. The van der Waals surface area contributed by atoms with Crippen molar-refractivity contribution >= 4 is 17.5 Å². The highest BCUT2D eigenvalue weighted by Gasteiger charge is 2.30. The van der Waals surface area contributed by atoms with Gasteiger partial charge in [0.2, 0.25) is 11.8 Å². The predicted octanol–water partition coefficient (Wildman–Crippen LogP) is 3.77. The van der Waals surface area contributed by atoms with Gasteiger partial charge < -0.3 is 10.6 Å². The molecule has 0 radical (unpaired) electrons. The Hall–Kier alpha value is -1.88. The smallest absolute Gasteiger partial charge is 0.238 e. The lowest BCUT2D eigenvalue weighted by atomic mass is 9.92. The van der Waals surface area contributed by atoms with Gasteiger partial charge in [-0.05, 0) is 49.8 Å². The number of piperidine rings is 1. The third kappa shape index (κ3) is 6.65. The number of amides is 2. The number of hydrogen-bond donors (Lipinski definition) is 2. The van der Waals surface area contributed by atoms with Gasteiger partial charge in [-0.1, -0.05) is 39.3 Å². The average Bonchev–Trinajstić information content (AvgIpc) is 2.64. The van der Waals surface area contributed by atoms with E-state index in [9.17, 15) is 9.59 Å². The van der Waals surface area contributed by atoms with E-state index in [1.165, 1.54) is 5.56 Å². The van der Waals surface area contributed by atoms with Crippen molar-refractivity contribution in [1.29, 1.82) is 0 Å². The van der Waals surface area contributed by atoms with Crippen molar-refractivity contribution in [2.45, 2.75) is 65.3 Å². The molecule has 0 saturated carbocycles. The van der Waals surface area contributed by atoms with Crippen LogP contribution in [0.4, 0.5) is 5.69 Å². The first-order valence-corrected chi connectivity index (χ1v) is 10.3. The molecule has 150 valence electrons. The summed E-state index contributed by atoms with van der Waals surface area (Å²) in [6.07, 6.45) is 3.93. The number of carbonyl (C=O) groups is 2. The third-order valence-electron chi connectivity index (χ3n) is 5.42. The summed E-state index contributed by atoms with van der Waals surface area (Å²) in [5, 5.41) is 6.01. The fraction of sp³-hybridized carbons (Fsp3) is 0.636. The maximum atomic E-state index is 12.5. The van der Waals surface area contributed by atoms with Gasteiger partial charge in [0.25, 0.3) is 0 Å². The van der Waals surface area contributed by atoms with Gasteiger partial charge in [0.15, 0.2) is 0 Å². The van der Waals surface area contributed by atoms with E-state index >= 15 is 0 Å². The Morgan fingerprint density at radius 3 is 2.52 bits per heavy atom. The maximum Gasteiger partial charge on any atom is 0.238 e. The number of unbranched alkanes of at least 4 members (excludes halogenated alkanes) is 1. The van der Waals surface area contributed by atoms with Gasteiger partial charge in [-0.2, -0.15) is 0 Å². The van der Waals surface area contributed by atoms with Gasteiger partial charge in [-0.25, -0.2) is 0 Å². The second-order valence-electron chi connectivity index (χ2n) is 8.02. The van der Waals surface area contributed by atoms with E-state index in [2.05, 4.69) is 55.4 Å². The van der Waals surface area contributed by atoms with Crippen molar-refractivity contribution < 1.29 is 9.59 Å². The number of anilines is 1. The van der Waals surface area contributed by atoms with Crippen LogP contribution in [0.5, 0.6) is 0 Å². The average molecular weight is 374 g/mol. The Morgan fingerprint density at radius 2 is 1.89 bits per heavy atom. The topological polar surface area (TPSA) is 61.4 Å². The van der Waals surface area contributed by atoms with Crippen molar-refractivity contribution in [3.05, 3.63) is 29.8 Å². The summed E-state index contributed by atoms with van der Waals surface area (Å²) >= 11 is 0. The highest BCUT2D eigenvalue weighted by atomic mass is 16.2. The summed E-state index contributed by atoms with van der Waals surface area (Å²) in [6, 6.07) is 8.34. The summed E-state index contributed by atoms with van der Waals surface area (Å²) in [4.78, 5) is 27.0. The molecule has 0 aromatic heterocycles. The number of benzene rings is 1. The van der Waals surface area contributed by atoms with E-state index in [-0.39, 0.29) is 17.7 Å². The molecule has 0 aliphatic carbocycles. The molecular weight excluding hydrogens is 338 g/mol. The van der Waals surface area contributed by atoms with E-state index in [1.54, 1.807) is 0 Å². The Bertz CT molecular complexity index is 612. The quantitative estimate of drug-likeness (QED) is 0.682. The SMILES string of the molecule is CCCCNC(=O)C1CCC(C)N(CC(=O)Nc2ccc(C(C)C)cc2)C1. The lowest BCUT2D eigenvalue weighted by Gasteiger charge is -2.36. The molecule has 1 fully saturated rings. The molecule has 1 aliphatic rings. The molecular formula is C22H35N3O2. The third-order valence-corrected chi connectivity index (χ3v) is 5.42. The number of nitrogens with one attached hydrogen (secondary N) is 2. The first kappa shape index (κ1) is 21.4. The van der Waals surface area contributed by atoms with Crippen LogP contribution in [0.2, 0.25) is 0 Å². The lowest BCUT2D eigenvalue weighted by Crippen LogP contribution is -2.49. The van der Waals surface area contributed by atoms with Crippen LogP contribution in [0.25, 0.3) is 0 Å². The van der Waals surface area contributed by atoms with Crippen molar-refractivity contribution in [2.75, 3.05) is 25.0 Å². The highest BCUT2D eigenvalue weighted by molar-refractivity contribution is 5.92. The van der Waals surface area contributed by atoms with E-state index in [0.717, 1.165) is 37.9 Å². The molecule has 2 atom stereocenters. The summed E-state index contributed by atoms with van der Waals surface area (Å²) in [5.41, 5.74) is 2.08. The first-order valence-electron chi connectivity index (χ1n) is 10.3. The molecule has 1 aliphatic heterocycles. The molecule has 1 aromatic rings. The molecule has 2 rings (SSSR count). The summed E-state index contributed by atoms with van der Waals surface area (Å²) in [7, 11) is 0. The Balaban J connectivity index is 1.86. The minimum absolute atomic E-state index is 0.0174. The standard InChI is InChI=1S/C22H35N3O2/c1-5-6-13-23-22(27)19-8-7-17(4)25(14-19)15-21(26)24-20-11-9-18(10-12-20)16(2)3/h9-12,16-17,19H,5-8,13-15H2,1-4H3,(H,23,27)(H,24,26). The molecule has 1 saturated heterocycles. The zero-order valence-corrected chi connectivity index (χ0v) is 17.3. The van der Waals surface area contributed by atoms with Gasteiger partial charge >= 0.3 is 0 Å². The molecule has 0 spiro atoms. The summed E-state index contributed by atoms with van der Waals surface area (Å²) in [5.74, 6) is 0.566. The maximum absolute atomic E-state index is 12.5. The number of nitrogens with zero attached hydrogens (tertiary/aromatic N) is 1. The normalized spacial score (nSPS) is 20.5. The van der Waals surface area contributed by atoms with Crippen LogP contribution in [0.15, 0.2) is 24.3 Å². The van der Waals surface area contributed by atoms with Crippen LogP contribution >= 0.6 is 0 Å². The highest BCUT2D eigenvalue weighted by Crippen LogP contribution is 2.22. The van der Waals surface area contributed by atoms with E-state index < -0.39 is 0 Å². The zero-order chi connectivity index (χ0) is 19.8.